The Labute approximate surface area is 180 Å². The Morgan fingerprint density at radius 2 is 1.87 bits per heavy atom. The molecule has 154 valence electrons. The van der Waals surface area contributed by atoms with Crippen molar-refractivity contribution in [2.24, 2.45) is 0 Å². The standard InChI is InChI=1S/C23H25N5OS/c1-3-5-8-16-11-13-17(14-12-16)24-21(29)15-30-23-22-27-26-20(4-2)28(22)19-10-7-6-9-18(19)25-23/h6-7,9-14H,3-5,8,15H2,1-2H3,(H,24,29). The summed E-state index contributed by atoms with van der Waals surface area (Å²) in [6.07, 6.45) is 4.20. The highest BCUT2D eigenvalue weighted by Crippen LogP contribution is 2.26. The molecule has 6 nitrogen and oxygen atoms in total. The van der Waals surface area contributed by atoms with E-state index >= 15 is 0 Å². The Kier molecular flexibility index (Phi) is 6.28. The lowest BCUT2D eigenvalue weighted by Gasteiger charge is -2.09. The molecule has 2 heterocycles. The normalized spacial score (nSPS) is 11.3. The molecule has 0 bridgehead atoms. The summed E-state index contributed by atoms with van der Waals surface area (Å²) in [6, 6.07) is 16.0. The van der Waals surface area contributed by atoms with Crippen molar-refractivity contribution >= 4 is 40.0 Å². The highest BCUT2D eigenvalue weighted by Gasteiger charge is 2.15. The zero-order valence-electron chi connectivity index (χ0n) is 17.3. The fourth-order valence-electron chi connectivity index (χ4n) is 3.41. The van der Waals surface area contributed by atoms with Crippen LogP contribution in [0.5, 0.6) is 0 Å². The molecule has 0 aliphatic rings. The highest BCUT2D eigenvalue weighted by molar-refractivity contribution is 8.00. The van der Waals surface area contributed by atoms with Gasteiger partial charge in [0.1, 0.15) is 10.9 Å². The van der Waals surface area contributed by atoms with E-state index in [0.717, 1.165) is 35.4 Å². The largest absolute Gasteiger partial charge is 0.325 e. The van der Waals surface area contributed by atoms with Gasteiger partial charge in [-0.15, -0.1) is 10.2 Å². The van der Waals surface area contributed by atoms with Gasteiger partial charge in [-0.1, -0.05) is 56.3 Å². The van der Waals surface area contributed by atoms with Crippen LogP contribution < -0.4 is 5.32 Å². The minimum Gasteiger partial charge on any atom is -0.325 e. The van der Waals surface area contributed by atoms with Gasteiger partial charge in [-0.3, -0.25) is 9.20 Å². The molecule has 0 radical (unpaired) electrons. The molecule has 0 saturated carbocycles. The molecule has 1 amide bonds. The second kappa shape index (κ2) is 9.26. The maximum absolute atomic E-state index is 12.5. The number of thioether (sulfide) groups is 1. The molecule has 7 heteroatoms. The van der Waals surface area contributed by atoms with E-state index in [0.29, 0.717) is 10.7 Å². The predicted octanol–water partition coefficient (Wildman–Crippen LogP) is 4.91. The summed E-state index contributed by atoms with van der Waals surface area (Å²) in [7, 11) is 0. The number of carbonyl (C=O) groups excluding carboxylic acids is 1. The van der Waals surface area contributed by atoms with Gasteiger partial charge in [-0.25, -0.2) is 4.98 Å². The topological polar surface area (TPSA) is 72.2 Å². The van der Waals surface area contributed by atoms with Gasteiger partial charge < -0.3 is 5.32 Å². The van der Waals surface area contributed by atoms with E-state index in [2.05, 4.69) is 41.5 Å². The second-order valence-electron chi connectivity index (χ2n) is 7.17. The van der Waals surface area contributed by atoms with E-state index in [1.165, 1.54) is 30.2 Å². The van der Waals surface area contributed by atoms with E-state index in [1.54, 1.807) is 0 Å². The number of nitrogens with one attached hydrogen (secondary N) is 1. The van der Waals surface area contributed by atoms with Crippen LogP contribution in [0.3, 0.4) is 0 Å². The fraction of sp³-hybridized carbons (Fsp3) is 0.304. The van der Waals surface area contributed by atoms with Crippen LogP contribution >= 0.6 is 11.8 Å². The van der Waals surface area contributed by atoms with Crippen molar-refractivity contribution in [2.75, 3.05) is 11.1 Å². The zero-order chi connectivity index (χ0) is 20.9. The first kappa shape index (κ1) is 20.3. The molecule has 0 atom stereocenters. The van der Waals surface area contributed by atoms with Crippen molar-refractivity contribution in [3.05, 3.63) is 59.9 Å². The van der Waals surface area contributed by atoms with Crippen molar-refractivity contribution in [1.82, 2.24) is 19.6 Å². The molecule has 4 aromatic rings. The van der Waals surface area contributed by atoms with Crippen molar-refractivity contribution in [2.45, 2.75) is 44.6 Å². The SMILES string of the molecule is CCCCc1ccc(NC(=O)CSc2nc3ccccc3n3c(CC)nnc23)cc1. The number of benzene rings is 2. The first-order valence-electron chi connectivity index (χ1n) is 10.3. The maximum Gasteiger partial charge on any atom is 0.234 e. The number of rotatable bonds is 8. The first-order valence-corrected chi connectivity index (χ1v) is 11.3. The van der Waals surface area contributed by atoms with Crippen LogP contribution in [0.2, 0.25) is 0 Å². The van der Waals surface area contributed by atoms with Gasteiger partial charge in [0.25, 0.3) is 0 Å². The van der Waals surface area contributed by atoms with E-state index in [9.17, 15) is 4.79 Å². The van der Waals surface area contributed by atoms with Gasteiger partial charge in [-0.2, -0.15) is 0 Å². The molecule has 2 aromatic heterocycles. The third-order valence-electron chi connectivity index (χ3n) is 4.98. The number of carbonyl (C=O) groups is 1. The molecule has 0 aliphatic carbocycles. The zero-order valence-corrected chi connectivity index (χ0v) is 18.1. The molecular formula is C23H25N5OS. The van der Waals surface area contributed by atoms with Gasteiger partial charge in [0, 0.05) is 12.1 Å². The summed E-state index contributed by atoms with van der Waals surface area (Å²) in [4.78, 5) is 17.2. The van der Waals surface area contributed by atoms with Crippen LogP contribution in [-0.2, 0) is 17.6 Å². The Hall–Kier alpha value is -2.93. The lowest BCUT2D eigenvalue weighted by atomic mass is 10.1. The average Bonchev–Trinajstić information content (AvgIpc) is 3.22. The minimum absolute atomic E-state index is 0.0651. The van der Waals surface area contributed by atoms with E-state index in [-0.39, 0.29) is 11.7 Å². The van der Waals surface area contributed by atoms with Gasteiger partial charge in [0.15, 0.2) is 5.65 Å². The summed E-state index contributed by atoms with van der Waals surface area (Å²) < 4.78 is 2.04. The van der Waals surface area contributed by atoms with Crippen LogP contribution in [0.25, 0.3) is 16.7 Å². The molecule has 4 rings (SSSR count). The molecular weight excluding hydrogens is 394 g/mol. The minimum atomic E-state index is -0.0651. The van der Waals surface area contributed by atoms with E-state index < -0.39 is 0 Å². The van der Waals surface area contributed by atoms with Gasteiger partial charge in [0.2, 0.25) is 5.91 Å². The van der Waals surface area contributed by atoms with Gasteiger partial charge >= 0.3 is 0 Å². The summed E-state index contributed by atoms with van der Waals surface area (Å²) in [5.74, 6) is 1.08. The number of amides is 1. The third kappa shape index (κ3) is 4.31. The third-order valence-corrected chi connectivity index (χ3v) is 5.93. The molecule has 2 aromatic carbocycles. The Morgan fingerprint density at radius 3 is 2.63 bits per heavy atom. The summed E-state index contributed by atoms with van der Waals surface area (Å²) in [5, 5.41) is 12.3. The summed E-state index contributed by atoms with van der Waals surface area (Å²) in [5.41, 5.74) is 4.65. The molecule has 30 heavy (non-hydrogen) atoms. The lowest BCUT2D eigenvalue weighted by molar-refractivity contribution is -0.113. The van der Waals surface area contributed by atoms with Crippen LogP contribution in [-0.4, -0.2) is 31.2 Å². The molecule has 0 aliphatic heterocycles. The van der Waals surface area contributed by atoms with Crippen LogP contribution in [0.15, 0.2) is 53.6 Å². The fourth-order valence-corrected chi connectivity index (χ4v) is 4.17. The number of anilines is 1. The predicted molar refractivity (Wildman–Crippen MR) is 122 cm³/mol. The maximum atomic E-state index is 12.5. The Morgan fingerprint density at radius 1 is 1.07 bits per heavy atom. The van der Waals surface area contributed by atoms with Gasteiger partial charge in [0.05, 0.1) is 16.8 Å². The van der Waals surface area contributed by atoms with Crippen LogP contribution in [0.1, 0.15) is 38.1 Å². The number of nitrogens with zero attached hydrogens (tertiary/aromatic N) is 4. The molecule has 0 spiro atoms. The first-order chi connectivity index (χ1) is 14.7. The molecule has 1 N–H and O–H groups in total. The Balaban J connectivity index is 1.49. The van der Waals surface area contributed by atoms with E-state index in [1.807, 2.05) is 40.8 Å². The van der Waals surface area contributed by atoms with Crippen molar-refractivity contribution < 1.29 is 4.79 Å². The number of hydrogen-bond donors (Lipinski definition) is 1. The molecule has 0 unspecified atom stereocenters. The summed E-state index contributed by atoms with van der Waals surface area (Å²) >= 11 is 1.38. The number of para-hydroxylation sites is 2. The highest BCUT2D eigenvalue weighted by atomic mass is 32.2. The van der Waals surface area contributed by atoms with Crippen LogP contribution in [0.4, 0.5) is 5.69 Å². The van der Waals surface area contributed by atoms with Gasteiger partial charge in [-0.05, 0) is 42.7 Å². The second-order valence-corrected chi connectivity index (χ2v) is 8.14. The number of unbranched alkanes of at least 4 members (excludes halogenated alkanes) is 1. The number of fused-ring (bicyclic) bond motifs is 3. The number of hydrogen-bond acceptors (Lipinski definition) is 5. The lowest BCUT2D eigenvalue weighted by Crippen LogP contribution is -2.14. The van der Waals surface area contributed by atoms with Crippen LogP contribution in [0, 0.1) is 0 Å². The quantitative estimate of drug-likeness (QED) is 0.411. The van der Waals surface area contributed by atoms with Crippen molar-refractivity contribution in [3.8, 4) is 0 Å². The number of aromatic nitrogens is 4. The monoisotopic (exact) mass is 419 g/mol. The average molecular weight is 420 g/mol. The van der Waals surface area contributed by atoms with E-state index in [4.69, 9.17) is 4.98 Å². The summed E-state index contributed by atoms with van der Waals surface area (Å²) in [6.45, 7) is 4.24. The van der Waals surface area contributed by atoms with Crippen molar-refractivity contribution in [3.63, 3.8) is 0 Å². The molecule has 0 saturated heterocycles. The molecule has 0 fully saturated rings. The smallest absolute Gasteiger partial charge is 0.234 e. The Bertz CT molecular complexity index is 1170. The van der Waals surface area contributed by atoms with Crippen molar-refractivity contribution in [1.29, 1.82) is 0 Å². The number of aryl methyl sites for hydroxylation is 2.